The van der Waals surface area contributed by atoms with Crippen molar-refractivity contribution in [3.8, 4) is 11.1 Å². The Balaban J connectivity index is 1.39. The maximum absolute atomic E-state index is 13.5. The highest BCUT2D eigenvalue weighted by molar-refractivity contribution is 6.02. The van der Waals surface area contributed by atoms with Crippen LogP contribution < -0.4 is 15.5 Å². The summed E-state index contributed by atoms with van der Waals surface area (Å²) in [6.07, 6.45) is 7.98. The maximum atomic E-state index is 13.5. The molecule has 0 spiro atoms. The lowest BCUT2D eigenvalue weighted by Crippen LogP contribution is -2.37. The Morgan fingerprint density at radius 1 is 1.03 bits per heavy atom. The highest BCUT2D eigenvalue weighted by Crippen LogP contribution is 2.36. The Kier molecular flexibility index (Phi) is 5.72. The molecule has 4 heterocycles. The van der Waals surface area contributed by atoms with E-state index in [4.69, 9.17) is 9.97 Å². The summed E-state index contributed by atoms with van der Waals surface area (Å²) in [6, 6.07) is 15.9. The first-order valence-electron chi connectivity index (χ1n) is 12.0. The van der Waals surface area contributed by atoms with Gasteiger partial charge in [-0.2, -0.15) is 9.97 Å². The first-order chi connectivity index (χ1) is 18.1. The molecule has 0 fully saturated rings. The van der Waals surface area contributed by atoms with Gasteiger partial charge in [0.15, 0.2) is 0 Å². The first kappa shape index (κ1) is 22.7. The molecule has 8 nitrogen and oxygen atoms in total. The fraction of sp³-hybridized carbons (Fsp3) is 0.143. The quantitative estimate of drug-likeness (QED) is 0.265. The number of aldehydes is 1. The molecule has 0 aliphatic carbocycles. The van der Waals surface area contributed by atoms with Crippen LogP contribution in [-0.2, 0) is 11.2 Å². The second-order valence-corrected chi connectivity index (χ2v) is 9.01. The van der Waals surface area contributed by atoms with E-state index < -0.39 is 0 Å². The molecule has 1 aliphatic heterocycles. The molecule has 6 rings (SSSR count). The molecule has 184 valence electrons. The minimum Gasteiger partial charge on any atom is -0.365 e. The largest absolute Gasteiger partial charge is 0.365 e. The van der Waals surface area contributed by atoms with Crippen LogP contribution in [-0.4, -0.2) is 39.3 Å². The average Bonchev–Trinajstić information content (AvgIpc) is 3.35. The number of carbonyl (C=O) groups excluding carboxylic acids is 1. The molecule has 5 aromatic rings. The lowest BCUT2D eigenvalue weighted by Gasteiger charge is -2.33. The number of nitrogens with one attached hydrogen (secondary N) is 3. The number of fused-ring (bicyclic) bond motifs is 2. The van der Waals surface area contributed by atoms with Crippen LogP contribution in [0.15, 0.2) is 73.2 Å². The second kappa shape index (κ2) is 9.34. The van der Waals surface area contributed by atoms with Crippen molar-refractivity contribution < 1.29 is 9.18 Å². The van der Waals surface area contributed by atoms with E-state index in [9.17, 15) is 9.18 Å². The number of benzene rings is 2. The number of likely N-dealkylation sites (N-methyl/N-ethyl adjacent to an activating group) is 1. The number of aromatic amines is 1. The second-order valence-electron chi connectivity index (χ2n) is 9.01. The van der Waals surface area contributed by atoms with E-state index in [1.54, 1.807) is 24.5 Å². The van der Waals surface area contributed by atoms with Gasteiger partial charge in [0.25, 0.3) is 0 Å². The Morgan fingerprint density at radius 3 is 2.59 bits per heavy atom. The maximum Gasteiger partial charge on any atom is 0.231 e. The van der Waals surface area contributed by atoms with E-state index in [0.717, 1.165) is 52.6 Å². The van der Waals surface area contributed by atoms with E-state index in [1.165, 1.54) is 12.1 Å². The predicted molar refractivity (Wildman–Crippen MR) is 143 cm³/mol. The van der Waals surface area contributed by atoms with Gasteiger partial charge in [0, 0.05) is 48.3 Å². The minimum absolute atomic E-state index is 0.0976. The van der Waals surface area contributed by atoms with Crippen LogP contribution in [0.5, 0.6) is 0 Å². The number of carbonyl (C=O) groups is 1. The van der Waals surface area contributed by atoms with Crippen molar-refractivity contribution >= 4 is 46.1 Å². The zero-order valence-electron chi connectivity index (χ0n) is 20.1. The van der Waals surface area contributed by atoms with E-state index >= 15 is 0 Å². The molecule has 3 aromatic heterocycles. The molecule has 0 amide bonds. The summed E-state index contributed by atoms with van der Waals surface area (Å²) in [5.74, 6) is 0.686. The summed E-state index contributed by atoms with van der Waals surface area (Å²) in [6.45, 7) is 0. The molecular weight excluding hydrogens is 469 g/mol. The van der Waals surface area contributed by atoms with E-state index in [0.29, 0.717) is 23.1 Å². The van der Waals surface area contributed by atoms with Gasteiger partial charge in [-0.05, 0) is 78.6 Å². The zero-order chi connectivity index (χ0) is 25.4. The normalized spacial score (nSPS) is 14.9. The molecule has 3 N–H and O–H groups in total. The van der Waals surface area contributed by atoms with Gasteiger partial charge in [-0.15, -0.1) is 0 Å². The third kappa shape index (κ3) is 4.35. The SMILES string of the molecule is CN1c2ccc(Nc3nc(Nc4ccc(F)cc4)c4c(-c5ccncc5)c[nH]c4n3)cc2CCC1C=O. The lowest BCUT2D eigenvalue weighted by atomic mass is 9.96. The van der Waals surface area contributed by atoms with E-state index in [-0.39, 0.29) is 11.9 Å². The van der Waals surface area contributed by atoms with Gasteiger partial charge in [0.05, 0.1) is 11.4 Å². The van der Waals surface area contributed by atoms with Crippen LogP contribution in [0.4, 0.5) is 33.2 Å². The number of aryl methyl sites for hydroxylation is 1. The highest BCUT2D eigenvalue weighted by Gasteiger charge is 2.23. The summed E-state index contributed by atoms with van der Waals surface area (Å²) in [5, 5.41) is 7.47. The molecule has 9 heteroatoms. The van der Waals surface area contributed by atoms with Crippen molar-refractivity contribution in [1.82, 2.24) is 19.9 Å². The molecule has 37 heavy (non-hydrogen) atoms. The predicted octanol–water partition coefficient (Wildman–Crippen LogP) is 5.60. The minimum atomic E-state index is -0.308. The summed E-state index contributed by atoms with van der Waals surface area (Å²) in [4.78, 5) is 30.3. The van der Waals surface area contributed by atoms with E-state index in [1.807, 2.05) is 42.4 Å². The average molecular weight is 494 g/mol. The van der Waals surface area contributed by atoms with Crippen LogP contribution in [0.2, 0.25) is 0 Å². The van der Waals surface area contributed by atoms with Crippen molar-refractivity contribution in [3.63, 3.8) is 0 Å². The fourth-order valence-corrected chi connectivity index (χ4v) is 4.78. The molecule has 0 bridgehead atoms. The Morgan fingerprint density at radius 2 is 1.81 bits per heavy atom. The summed E-state index contributed by atoms with van der Waals surface area (Å²) < 4.78 is 13.5. The number of nitrogens with zero attached hydrogens (tertiary/aromatic N) is 4. The lowest BCUT2D eigenvalue weighted by molar-refractivity contribution is -0.109. The van der Waals surface area contributed by atoms with Gasteiger partial charge < -0.3 is 25.3 Å². The van der Waals surface area contributed by atoms with Crippen LogP contribution in [0.3, 0.4) is 0 Å². The first-order valence-corrected chi connectivity index (χ1v) is 12.0. The van der Waals surface area contributed by atoms with Gasteiger partial charge >= 0.3 is 0 Å². The van der Waals surface area contributed by atoms with Gasteiger partial charge in [0.2, 0.25) is 5.95 Å². The number of hydrogen-bond acceptors (Lipinski definition) is 7. The van der Waals surface area contributed by atoms with Crippen LogP contribution in [0.1, 0.15) is 12.0 Å². The number of pyridine rings is 1. The molecule has 0 radical (unpaired) electrons. The number of aromatic nitrogens is 4. The summed E-state index contributed by atoms with van der Waals surface area (Å²) in [7, 11) is 1.94. The van der Waals surface area contributed by atoms with Crippen molar-refractivity contribution in [3.05, 3.63) is 84.6 Å². The molecular formula is C28H24FN7O. The van der Waals surface area contributed by atoms with E-state index in [2.05, 4.69) is 26.7 Å². The van der Waals surface area contributed by atoms with Crippen molar-refractivity contribution in [2.75, 3.05) is 22.6 Å². The van der Waals surface area contributed by atoms with Gasteiger partial charge in [-0.25, -0.2) is 4.39 Å². The van der Waals surface area contributed by atoms with Crippen molar-refractivity contribution in [1.29, 1.82) is 0 Å². The number of anilines is 5. The number of rotatable bonds is 6. The van der Waals surface area contributed by atoms with Gasteiger partial charge in [-0.1, -0.05) is 0 Å². The third-order valence-corrected chi connectivity index (χ3v) is 6.71. The number of H-pyrrole nitrogens is 1. The monoisotopic (exact) mass is 493 g/mol. The smallest absolute Gasteiger partial charge is 0.231 e. The topological polar surface area (TPSA) is 98.8 Å². The molecule has 1 atom stereocenters. The van der Waals surface area contributed by atoms with Crippen LogP contribution in [0.25, 0.3) is 22.2 Å². The fourth-order valence-electron chi connectivity index (χ4n) is 4.78. The zero-order valence-corrected chi connectivity index (χ0v) is 20.1. The molecule has 0 saturated carbocycles. The van der Waals surface area contributed by atoms with Crippen molar-refractivity contribution in [2.24, 2.45) is 0 Å². The number of halogens is 1. The Bertz CT molecular complexity index is 1580. The van der Waals surface area contributed by atoms with Crippen LogP contribution >= 0.6 is 0 Å². The molecule has 2 aromatic carbocycles. The Hall–Kier alpha value is -4.79. The molecule has 1 unspecified atom stereocenters. The highest BCUT2D eigenvalue weighted by atomic mass is 19.1. The van der Waals surface area contributed by atoms with Gasteiger partial charge in [0.1, 0.15) is 23.6 Å². The summed E-state index contributed by atoms with van der Waals surface area (Å²) in [5.41, 5.74) is 6.32. The number of hydrogen-bond donors (Lipinski definition) is 3. The third-order valence-electron chi connectivity index (χ3n) is 6.71. The molecule has 0 saturated heterocycles. The molecule has 1 aliphatic rings. The summed E-state index contributed by atoms with van der Waals surface area (Å²) >= 11 is 0. The Labute approximate surface area is 212 Å². The van der Waals surface area contributed by atoms with Crippen LogP contribution in [0, 0.1) is 5.82 Å². The van der Waals surface area contributed by atoms with Crippen molar-refractivity contribution in [2.45, 2.75) is 18.9 Å². The standard InChI is InChI=1S/C28H24FN7O/c1-36-22(16-37)8-2-18-14-21(7-9-24(18)36)33-28-34-26-25(23(15-31-26)17-10-12-30-13-11-17)27(35-28)32-20-5-3-19(29)4-6-20/h3-7,9-16,22H,2,8H2,1H3,(H3,31,32,33,34,35). The van der Waals surface area contributed by atoms with Gasteiger partial charge in [-0.3, -0.25) is 4.98 Å².